The normalized spacial score (nSPS) is 12.4. The van der Waals surface area contributed by atoms with E-state index in [0.717, 1.165) is 6.42 Å². The van der Waals surface area contributed by atoms with Gasteiger partial charge in [-0.3, -0.25) is 0 Å². The molecule has 0 fully saturated rings. The van der Waals surface area contributed by atoms with Gasteiger partial charge in [0, 0.05) is 23.5 Å². The predicted octanol–water partition coefficient (Wildman–Crippen LogP) is 4.04. The van der Waals surface area contributed by atoms with E-state index >= 15 is 0 Å². The highest BCUT2D eigenvalue weighted by molar-refractivity contribution is 5.83. The second kappa shape index (κ2) is 4.66. The van der Waals surface area contributed by atoms with Crippen molar-refractivity contribution in [3.63, 3.8) is 0 Å². The van der Waals surface area contributed by atoms with Crippen LogP contribution in [0.3, 0.4) is 0 Å². The third-order valence-corrected chi connectivity index (χ3v) is 2.81. The first kappa shape index (κ1) is 11.8. The van der Waals surface area contributed by atoms with Crippen LogP contribution in [0.1, 0.15) is 26.3 Å². The summed E-state index contributed by atoms with van der Waals surface area (Å²) < 4.78 is 5.71. The smallest absolute Gasteiger partial charge is 0.107 e. The molecule has 1 aromatic heterocycles. The second-order valence-electron chi connectivity index (χ2n) is 4.88. The Morgan fingerprint density at radius 3 is 2.82 bits per heavy atom. The predicted molar refractivity (Wildman–Crippen MR) is 72.0 cm³/mol. The van der Waals surface area contributed by atoms with Crippen LogP contribution in [-0.4, -0.2) is 10.6 Å². The maximum Gasteiger partial charge on any atom is 0.107 e. The van der Waals surface area contributed by atoms with E-state index in [1.165, 1.54) is 16.5 Å². The second-order valence-corrected chi connectivity index (χ2v) is 4.88. The molecule has 90 valence electrons. The molecule has 2 aromatic rings. The van der Waals surface area contributed by atoms with Gasteiger partial charge in [-0.2, -0.15) is 0 Å². The first-order valence-electron chi connectivity index (χ1n) is 5.96. The first-order chi connectivity index (χ1) is 8.12. The molecule has 0 bridgehead atoms. The van der Waals surface area contributed by atoms with E-state index in [9.17, 15) is 0 Å². The van der Waals surface area contributed by atoms with Gasteiger partial charge in [-0.1, -0.05) is 24.3 Å². The molecule has 2 nitrogen and oxygen atoms in total. The van der Waals surface area contributed by atoms with Gasteiger partial charge in [0.1, 0.15) is 5.60 Å². The van der Waals surface area contributed by atoms with Crippen LogP contribution in [0.2, 0.25) is 0 Å². The summed E-state index contributed by atoms with van der Waals surface area (Å²) in [5, 5.41) is 1.28. The average Bonchev–Trinajstić information content (AvgIpc) is 2.70. The number of fused-ring (bicyclic) bond motifs is 1. The standard InChI is InChI=1S/C15H19NO/c1-4-9-17-15(2,3)10-12-11-16-14-8-6-5-7-13(12)14/h4-9,11,16H,10H2,1-3H3/b9-4+. The van der Waals surface area contributed by atoms with Crippen molar-refractivity contribution in [3.05, 3.63) is 48.4 Å². The summed E-state index contributed by atoms with van der Waals surface area (Å²) in [6, 6.07) is 8.36. The number of para-hydroxylation sites is 1. The summed E-state index contributed by atoms with van der Waals surface area (Å²) in [6.07, 6.45) is 6.64. The lowest BCUT2D eigenvalue weighted by Gasteiger charge is -2.24. The van der Waals surface area contributed by atoms with Crippen LogP contribution in [-0.2, 0) is 11.2 Å². The molecule has 17 heavy (non-hydrogen) atoms. The summed E-state index contributed by atoms with van der Waals surface area (Å²) >= 11 is 0. The molecule has 1 heterocycles. The minimum Gasteiger partial charge on any atom is -0.495 e. The molecule has 0 aliphatic carbocycles. The van der Waals surface area contributed by atoms with Gasteiger partial charge in [0.15, 0.2) is 0 Å². The number of allylic oxidation sites excluding steroid dienone is 1. The molecule has 2 rings (SSSR count). The van der Waals surface area contributed by atoms with Crippen LogP contribution < -0.4 is 0 Å². The van der Waals surface area contributed by atoms with Gasteiger partial charge in [0.2, 0.25) is 0 Å². The zero-order valence-corrected chi connectivity index (χ0v) is 10.7. The lowest BCUT2D eigenvalue weighted by Crippen LogP contribution is -2.24. The number of ether oxygens (including phenoxy) is 1. The van der Waals surface area contributed by atoms with E-state index < -0.39 is 0 Å². The monoisotopic (exact) mass is 229 g/mol. The molecular weight excluding hydrogens is 210 g/mol. The van der Waals surface area contributed by atoms with Crippen LogP contribution in [0.4, 0.5) is 0 Å². The van der Waals surface area contributed by atoms with Crippen molar-refractivity contribution in [3.8, 4) is 0 Å². The van der Waals surface area contributed by atoms with Gasteiger partial charge in [-0.15, -0.1) is 0 Å². The van der Waals surface area contributed by atoms with Gasteiger partial charge < -0.3 is 9.72 Å². The largest absolute Gasteiger partial charge is 0.495 e. The Labute approximate surface area is 102 Å². The molecule has 0 aliphatic heterocycles. The highest BCUT2D eigenvalue weighted by atomic mass is 16.5. The fraction of sp³-hybridized carbons (Fsp3) is 0.333. The molecule has 1 aromatic carbocycles. The third-order valence-electron chi connectivity index (χ3n) is 2.81. The van der Waals surface area contributed by atoms with Crippen LogP contribution in [0.25, 0.3) is 10.9 Å². The molecule has 0 saturated carbocycles. The zero-order valence-electron chi connectivity index (χ0n) is 10.7. The van der Waals surface area contributed by atoms with E-state index in [4.69, 9.17) is 4.74 Å². The van der Waals surface area contributed by atoms with Crippen molar-refractivity contribution in [2.45, 2.75) is 32.8 Å². The van der Waals surface area contributed by atoms with Crippen molar-refractivity contribution < 1.29 is 4.74 Å². The lowest BCUT2D eigenvalue weighted by molar-refractivity contribution is 0.0583. The number of aromatic amines is 1. The summed E-state index contributed by atoms with van der Waals surface area (Å²) in [4.78, 5) is 3.29. The van der Waals surface area contributed by atoms with Gasteiger partial charge in [-0.25, -0.2) is 0 Å². The molecule has 2 heteroatoms. The molecule has 0 unspecified atom stereocenters. The Morgan fingerprint density at radius 1 is 1.29 bits per heavy atom. The van der Waals surface area contributed by atoms with Crippen molar-refractivity contribution in [1.29, 1.82) is 0 Å². The zero-order chi connectivity index (χ0) is 12.3. The van der Waals surface area contributed by atoms with Gasteiger partial charge in [0.05, 0.1) is 6.26 Å². The highest BCUT2D eigenvalue weighted by Crippen LogP contribution is 2.24. The van der Waals surface area contributed by atoms with Gasteiger partial charge in [-0.05, 0) is 32.4 Å². The molecule has 0 radical (unpaired) electrons. The van der Waals surface area contributed by atoms with E-state index in [1.54, 1.807) is 6.26 Å². The Morgan fingerprint density at radius 2 is 2.06 bits per heavy atom. The van der Waals surface area contributed by atoms with Crippen molar-refractivity contribution in [2.24, 2.45) is 0 Å². The third kappa shape index (κ3) is 2.70. The SMILES string of the molecule is C/C=C/OC(C)(C)Cc1c[nH]c2ccccc12. The Kier molecular flexibility index (Phi) is 3.23. The number of hydrogen-bond donors (Lipinski definition) is 1. The molecule has 0 saturated heterocycles. The van der Waals surface area contributed by atoms with E-state index in [2.05, 4.69) is 43.2 Å². The Hall–Kier alpha value is -1.70. The number of hydrogen-bond acceptors (Lipinski definition) is 1. The van der Waals surface area contributed by atoms with E-state index in [1.807, 2.05) is 19.1 Å². The summed E-state index contributed by atoms with van der Waals surface area (Å²) in [6.45, 7) is 6.17. The number of H-pyrrole nitrogens is 1. The molecule has 1 N–H and O–H groups in total. The van der Waals surface area contributed by atoms with Crippen LogP contribution >= 0.6 is 0 Å². The number of nitrogens with one attached hydrogen (secondary N) is 1. The number of aromatic nitrogens is 1. The van der Waals surface area contributed by atoms with Crippen molar-refractivity contribution in [1.82, 2.24) is 4.98 Å². The molecule has 0 aliphatic rings. The van der Waals surface area contributed by atoms with Crippen molar-refractivity contribution in [2.75, 3.05) is 0 Å². The van der Waals surface area contributed by atoms with E-state index in [0.29, 0.717) is 0 Å². The highest BCUT2D eigenvalue weighted by Gasteiger charge is 2.20. The molecular formula is C15H19NO. The van der Waals surface area contributed by atoms with Gasteiger partial charge >= 0.3 is 0 Å². The molecule has 0 atom stereocenters. The van der Waals surface area contributed by atoms with Crippen LogP contribution in [0.15, 0.2) is 42.8 Å². The van der Waals surface area contributed by atoms with Crippen LogP contribution in [0, 0.1) is 0 Å². The summed E-state index contributed by atoms with van der Waals surface area (Å²) in [5.41, 5.74) is 2.30. The fourth-order valence-electron chi connectivity index (χ4n) is 2.03. The van der Waals surface area contributed by atoms with E-state index in [-0.39, 0.29) is 5.60 Å². The Balaban J connectivity index is 2.23. The minimum atomic E-state index is -0.183. The first-order valence-corrected chi connectivity index (χ1v) is 5.96. The maximum atomic E-state index is 5.71. The maximum absolute atomic E-state index is 5.71. The Bertz CT molecular complexity index is 522. The van der Waals surface area contributed by atoms with Crippen LogP contribution in [0.5, 0.6) is 0 Å². The lowest BCUT2D eigenvalue weighted by atomic mass is 9.98. The topological polar surface area (TPSA) is 25.0 Å². The van der Waals surface area contributed by atoms with Crippen molar-refractivity contribution >= 4 is 10.9 Å². The van der Waals surface area contributed by atoms with Gasteiger partial charge in [0.25, 0.3) is 0 Å². The number of benzene rings is 1. The summed E-state index contributed by atoms with van der Waals surface area (Å²) in [5.74, 6) is 0. The quantitative estimate of drug-likeness (QED) is 0.786. The minimum absolute atomic E-state index is 0.183. The average molecular weight is 229 g/mol. The number of rotatable bonds is 4. The molecule has 0 amide bonds. The fourth-order valence-corrected chi connectivity index (χ4v) is 2.03. The molecule has 0 spiro atoms. The summed E-state index contributed by atoms with van der Waals surface area (Å²) in [7, 11) is 0.